The highest BCUT2D eigenvalue weighted by Crippen LogP contribution is 2.15. The van der Waals surface area contributed by atoms with Crippen molar-refractivity contribution in [2.75, 3.05) is 6.54 Å². The molecule has 4 nitrogen and oxygen atoms in total. The predicted molar refractivity (Wildman–Crippen MR) is 104 cm³/mol. The lowest BCUT2D eigenvalue weighted by atomic mass is 10.1. The van der Waals surface area contributed by atoms with Crippen molar-refractivity contribution in [3.8, 4) is 5.69 Å². The van der Waals surface area contributed by atoms with Crippen LogP contribution in [0.25, 0.3) is 5.69 Å². The van der Waals surface area contributed by atoms with Crippen LogP contribution in [0.5, 0.6) is 0 Å². The molecule has 130 valence electrons. The maximum absolute atomic E-state index is 5.68. The van der Waals surface area contributed by atoms with Crippen molar-refractivity contribution in [1.29, 1.82) is 0 Å². The minimum absolute atomic E-state index is 0.742. The fourth-order valence-electron chi connectivity index (χ4n) is 3.08. The quantitative estimate of drug-likeness (QED) is 0.690. The van der Waals surface area contributed by atoms with Crippen LogP contribution >= 0.6 is 12.2 Å². The summed E-state index contributed by atoms with van der Waals surface area (Å²) in [5.74, 6) is 0. The third kappa shape index (κ3) is 4.06. The highest BCUT2D eigenvalue weighted by Gasteiger charge is 2.12. The minimum atomic E-state index is 0.742. The Hall–Kier alpha value is -2.24. The summed E-state index contributed by atoms with van der Waals surface area (Å²) >= 11 is 5.68. The van der Waals surface area contributed by atoms with Crippen LogP contribution in [-0.2, 0) is 13.2 Å². The second-order valence-electron chi connectivity index (χ2n) is 6.50. The Morgan fingerprint density at radius 2 is 1.84 bits per heavy atom. The van der Waals surface area contributed by atoms with Gasteiger partial charge in [0.1, 0.15) is 12.9 Å². The number of aromatic nitrogens is 3. The van der Waals surface area contributed by atoms with Gasteiger partial charge in [0.15, 0.2) is 6.67 Å². The van der Waals surface area contributed by atoms with E-state index in [1.54, 1.807) is 0 Å². The molecule has 0 radical (unpaired) electrons. The summed E-state index contributed by atoms with van der Waals surface area (Å²) in [6, 6.07) is 17.0. The highest BCUT2D eigenvalue weighted by molar-refractivity contribution is 7.71. The van der Waals surface area contributed by atoms with Gasteiger partial charge in [-0.05, 0) is 44.6 Å². The number of nitrogens with one attached hydrogen (secondary N) is 1. The molecule has 2 aromatic carbocycles. The largest absolute Gasteiger partial charge is 0.313 e. The van der Waals surface area contributed by atoms with Crippen LogP contribution < -0.4 is 4.90 Å². The second-order valence-corrected chi connectivity index (χ2v) is 6.86. The maximum Gasteiger partial charge on any atom is 0.207 e. The van der Waals surface area contributed by atoms with E-state index in [1.165, 1.54) is 21.6 Å². The van der Waals surface area contributed by atoms with Gasteiger partial charge in [-0.2, -0.15) is 9.78 Å². The first-order chi connectivity index (χ1) is 12.1. The van der Waals surface area contributed by atoms with E-state index in [0.717, 1.165) is 30.2 Å². The van der Waals surface area contributed by atoms with Crippen LogP contribution in [0.1, 0.15) is 23.6 Å². The topological polar surface area (TPSA) is 27.2 Å². The molecule has 0 aliphatic rings. The molecule has 1 atom stereocenters. The molecular formula is C20H25N4S+. The van der Waals surface area contributed by atoms with Gasteiger partial charge in [-0.1, -0.05) is 48.0 Å². The lowest BCUT2D eigenvalue weighted by Gasteiger charge is -2.17. The van der Waals surface area contributed by atoms with Gasteiger partial charge in [0.25, 0.3) is 0 Å². The van der Waals surface area contributed by atoms with Crippen molar-refractivity contribution >= 4 is 12.2 Å². The number of rotatable bonds is 6. The molecule has 0 spiro atoms. The summed E-state index contributed by atoms with van der Waals surface area (Å²) in [7, 11) is 0. The summed E-state index contributed by atoms with van der Waals surface area (Å²) in [6.45, 7) is 9.17. The van der Waals surface area contributed by atoms with Crippen LogP contribution in [0, 0.1) is 18.6 Å². The van der Waals surface area contributed by atoms with E-state index in [1.807, 2.05) is 15.6 Å². The van der Waals surface area contributed by atoms with Crippen LogP contribution in [0.2, 0.25) is 0 Å². The van der Waals surface area contributed by atoms with Gasteiger partial charge in [0.05, 0.1) is 12.2 Å². The minimum Gasteiger partial charge on any atom is -0.313 e. The Morgan fingerprint density at radius 3 is 2.52 bits per heavy atom. The zero-order valence-corrected chi connectivity index (χ0v) is 15.9. The van der Waals surface area contributed by atoms with Crippen molar-refractivity contribution in [2.24, 2.45) is 0 Å². The molecule has 0 fully saturated rings. The van der Waals surface area contributed by atoms with Crippen molar-refractivity contribution < 1.29 is 4.90 Å². The molecule has 5 heteroatoms. The van der Waals surface area contributed by atoms with Crippen molar-refractivity contribution in [3.05, 3.63) is 76.3 Å². The molecule has 1 N–H and O–H groups in total. The summed E-state index contributed by atoms with van der Waals surface area (Å²) in [5.41, 5.74) is 4.90. The average Bonchev–Trinajstić information content (AvgIpc) is 2.96. The number of benzene rings is 2. The van der Waals surface area contributed by atoms with Crippen LogP contribution in [0.3, 0.4) is 0 Å². The third-order valence-electron chi connectivity index (χ3n) is 4.52. The molecule has 0 amide bonds. The molecule has 1 unspecified atom stereocenters. The Balaban J connectivity index is 1.82. The van der Waals surface area contributed by atoms with Crippen molar-refractivity contribution in [2.45, 2.75) is 34.0 Å². The first-order valence-corrected chi connectivity index (χ1v) is 9.09. The standard InChI is InChI=1S/C20H24N4S/c1-4-22(13-18-8-6-5-7-9-18)15-24-20(25)23(14-21-24)19-11-10-16(2)12-17(19)3/h5-12,14H,4,13,15H2,1-3H3/p+1. The van der Waals surface area contributed by atoms with Crippen molar-refractivity contribution in [1.82, 2.24) is 14.3 Å². The van der Waals surface area contributed by atoms with Gasteiger partial charge in [0, 0.05) is 5.56 Å². The van der Waals surface area contributed by atoms with E-state index >= 15 is 0 Å². The monoisotopic (exact) mass is 353 g/mol. The fourth-order valence-corrected chi connectivity index (χ4v) is 3.33. The summed E-state index contributed by atoms with van der Waals surface area (Å²) in [6.07, 6.45) is 1.83. The van der Waals surface area contributed by atoms with Gasteiger partial charge in [-0.25, -0.2) is 0 Å². The first-order valence-electron chi connectivity index (χ1n) is 8.68. The summed E-state index contributed by atoms with van der Waals surface area (Å²) < 4.78 is 4.67. The lowest BCUT2D eigenvalue weighted by molar-refractivity contribution is -0.935. The number of hydrogen-bond acceptors (Lipinski definition) is 2. The van der Waals surface area contributed by atoms with Gasteiger partial charge < -0.3 is 4.90 Å². The maximum atomic E-state index is 5.68. The number of nitrogens with zero attached hydrogens (tertiary/aromatic N) is 3. The van der Waals surface area contributed by atoms with Gasteiger partial charge in [-0.15, -0.1) is 0 Å². The molecule has 0 bridgehead atoms. The molecule has 25 heavy (non-hydrogen) atoms. The second kappa shape index (κ2) is 7.76. The van der Waals surface area contributed by atoms with E-state index < -0.39 is 0 Å². The van der Waals surface area contributed by atoms with Gasteiger partial charge in [-0.3, -0.25) is 4.57 Å². The van der Waals surface area contributed by atoms with E-state index in [4.69, 9.17) is 12.2 Å². The molecule has 3 aromatic rings. The van der Waals surface area contributed by atoms with Crippen LogP contribution in [0.4, 0.5) is 0 Å². The zero-order valence-electron chi connectivity index (χ0n) is 15.1. The Kier molecular flexibility index (Phi) is 5.46. The molecule has 0 saturated carbocycles. The zero-order chi connectivity index (χ0) is 17.8. The summed E-state index contributed by atoms with van der Waals surface area (Å²) in [5, 5.41) is 4.54. The molecule has 0 aliphatic carbocycles. The van der Waals surface area contributed by atoms with Crippen molar-refractivity contribution in [3.63, 3.8) is 0 Å². The Labute approximate surface area is 154 Å². The van der Waals surface area contributed by atoms with Gasteiger partial charge in [0.2, 0.25) is 4.77 Å². The van der Waals surface area contributed by atoms with E-state index in [-0.39, 0.29) is 0 Å². The third-order valence-corrected chi connectivity index (χ3v) is 4.92. The van der Waals surface area contributed by atoms with E-state index in [9.17, 15) is 0 Å². The molecular weight excluding hydrogens is 328 g/mol. The first kappa shape index (κ1) is 17.6. The molecule has 0 aliphatic heterocycles. The average molecular weight is 354 g/mol. The number of hydrogen-bond donors (Lipinski definition) is 1. The lowest BCUT2D eigenvalue weighted by Crippen LogP contribution is -3.09. The molecule has 0 saturated heterocycles. The molecule has 1 heterocycles. The molecule has 1 aromatic heterocycles. The van der Waals surface area contributed by atoms with Crippen LogP contribution in [-0.4, -0.2) is 20.9 Å². The number of quaternary nitrogens is 1. The Morgan fingerprint density at radius 1 is 1.08 bits per heavy atom. The molecule has 3 rings (SSSR count). The normalized spacial score (nSPS) is 12.3. The van der Waals surface area contributed by atoms with Gasteiger partial charge >= 0.3 is 0 Å². The number of aryl methyl sites for hydroxylation is 2. The van der Waals surface area contributed by atoms with E-state index in [0.29, 0.717) is 0 Å². The smallest absolute Gasteiger partial charge is 0.207 e. The predicted octanol–water partition coefficient (Wildman–Crippen LogP) is 3.08. The SMILES string of the molecule is CC[NH+](Cc1ccccc1)Cn1ncn(-c2ccc(C)cc2C)c1=S. The van der Waals surface area contributed by atoms with E-state index in [2.05, 4.69) is 74.4 Å². The highest BCUT2D eigenvalue weighted by atomic mass is 32.1. The Bertz CT molecular complexity index is 896. The van der Waals surface area contributed by atoms with Crippen LogP contribution in [0.15, 0.2) is 54.9 Å². The summed E-state index contributed by atoms with van der Waals surface area (Å²) in [4.78, 5) is 1.42. The fraction of sp³-hybridized carbons (Fsp3) is 0.300.